The van der Waals surface area contributed by atoms with Crippen molar-refractivity contribution in [1.29, 1.82) is 0 Å². The number of aliphatic hydroxyl groups is 1. The van der Waals surface area contributed by atoms with E-state index in [-0.39, 0.29) is 17.7 Å². The topological polar surface area (TPSA) is 133 Å². The number of thiophene rings is 1. The van der Waals surface area contributed by atoms with Crippen LogP contribution >= 0.6 is 11.3 Å². The first kappa shape index (κ1) is 23.3. The van der Waals surface area contributed by atoms with Crippen LogP contribution in [0.2, 0.25) is 0 Å². The van der Waals surface area contributed by atoms with Gasteiger partial charge in [-0.25, -0.2) is 5.48 Å². The predicted molar refractivity (Wildman–Crippen MR) is 120 cm³/mol. The van der Waals surface area contributed by atoms with Crippen LogP contribution in [0.1, 0.15) is 22.3 Å². The molecule has 3 aromatic rings. The molecule has 0 radical (unpaired) electrons. The van der Waals surface area contributed by atoms with Gasteiger partial charge in [-0.1, -0.05) is 18.2 Å². The lowest BCUT2D eigenvalue weighted by Gasteiger charge is -2.29. The number of fused-ring (bicyclic) bond motifs is 1. The first-order valence-electron chi connectivity index (χ1n) is 9.87. The zero-order valence-electron chi connectivity index (χ0n) is 17.3. The number of hydrogen-bond donors (Lipinski definition) is 3. The average molecular weight is 458 g/mol. The van der Waals surface area contributed by atoms with E-state index in [4.69, 9.17) is 0 Å². The molecule has 168 valence electrons. The van der Waals surface area contributed by atoms with Crippen LogP contribution in [0.3, 0.4) is 0 Å². The molecule has 0 saturated carbocycles. The van der Waals surface area contributed by atoms with Crippen LogP contribution in [0.5, 0.6) is 0 Å². The van der Waals surface area contributed by atoms with Crippen molar-refractivity contribution < 1.29 is 24.8 Å². The van der Waals surface area contributed by atoms with Crippen molar-refractivity contribution in [3.8, 4) is 0 Å². The number of nitrogens with one attached hydrogen (secondary N) is 1. The zero-order chi connectivity index (χ0) is 23.3. The van der Waals surface area contributed by atoms with Crippen molar-refractivity contribution in [3.63, 3.8) is 0 Å². The number of carbonyl (C=O) groups is 2. The summed E-state index contributed by atoms with van der Waals surface area (Å²) in [6.45, 7) is -0.394. The maximum Gasteiger partial charge on any atom is 0.269 e. The third-order valence-corrected chi connectivity index (χ3v) is 6.48. The van der Waals surface area contributed by atoms with E-state index in [1.165, 1.54) is 36.2 Å². The Labute approximate surface area is 188 Å². The Kier molecular flexibility index (Phi) is 7.52. The molecule has 32 heavy (non-hydrogen) atoms. The number of amides is 2. The highest BCUT2D eigenvalue weighted by atomic mass is 32.1. The molecular formula is C22H23N3O6S. The lowest BCUT2D eigenvalue weighted by Crippen LogP contribution is -2.43. The molecule has 10 heteroatoms. The van der Waals surface area contributed by atoms with Crippen LogP contribution in [-0.4, -0.2) is 51.6 Å². The molecule has 9 nitrogen and oxygen atoms in total. The molecule has 2 atom stereocenters. The van der Waals surface area contributed by atoms with E-state index in [9.17, 15) is 30.0 Å². The zero-order valence-corrected chi connectivity index (χ0v) is 18.1. The van der Waals surface area contributed by atoms with E-state index in [1.54, 1.807) is 16.8 Å². The Balaban J connectivity index is 1.78. The Morgan fingerprint density at radius 2 is 1.88 bits per heavy atom. The number of hydroxylamine groups is 1. The quantitative estimate of drug-likeness (QED) is 0.257. The molecule has 0 spiro atoms. The Morgan fingerprint density at radius 3 is 2.50 bits per heavy atom. The molecule has 0 aliphatic carbocycles. The number of nitrogens with zero attached hydrogens (tertiary/aromatic N) is 2. The van der Waals surface area contributed by atoms with E-state index in [0.29, 0.717) is 6.42 Å². The number of hydrogen-bond acceptors (Lipinski definition) is 7. The van der Waals surface area contributed by atoms with Crippen molar-refractivity contribution in [2.75, 3.05) is 13.7 Å². The molecule has 1 heterocycles. The van der Waals surface area contributed by atoms with Crippen molar-refractivity contribution in [3.05, 3.63) is 75.2 Å². The molecule has 0 aliphatic rings. The number of aliphatic hydroxyl groups excluding tert-OH is 1. The molecule has 2 amide bonds. The molecule has 3 N–H and O–H groups in total. The number of likely N-dealkylation sites (N-methyl/N-ethyl adjacent to an activating group) is 1. The smallest absolute Gasteiger partial charge is 0.269 e. The van der Waals surface area contributed by atoms with E-state index in [0.717, 1.165) is 15.6 Å². The molecule has 0 bridgehead atoms. The summed E-state index contributed by atoms with van der Waals surface area (Å²) in [5.41, 5.74) is 2.72. The summed E-state index contributed by atoms with van der Waals surface area (Å²) in [7, 11) is 1.50. The fourth-order valence-corrected chi connectivity index (χ4v) is 4.59. The van der Waals surface area contributed by atoms with Crippen molar-refractivity contribution in [1.82, 2.24) is 10.4 Å². The second kappa shape index (κ2) is 10.3. The summed E-state index contributed by atoms with van der Waals surface area (Å²) in [5.74, 6) is -1.74. The minimum atomic E-state index is -0.704. The van der Waals surface area contributed by atoms with Crippen LogP contribution in [0.4, 0.5) is 5.69 Å². The second-order valence-electron chi connectivity index (χ2n) is 7.43. The normalized spacial score (nSPS) is 12.8. The van der Waals surface area contributed by atoms with Crippen molar-refractivity contribution >= 4 is 38.9 Å². The van der Waals surface area contributed by atoms with Crippen molar-refractivity contribution in [2.45, 2.75) is 18.9 Å². The van der Waals surface area contributed by atoms with E-state index in [2.05, 4.69) is 0 Å². The van der Waals surface area contributed by atoms with Gasteiger partial charge in [-0.15, -0.1) is 11.3 Å². The minimum absolute atomic E-state index is 0.113. The van der Waals surface area contributed by atoms with Crippen LogP contribution in [0, 0.1) is 16.0 Å². The Hall–Kier alpha value is -3.34. The largest absolute Gasteiger partial charge is 0.394 e. The first-order chi connectivity index (χ1) is 15.3. The van der Waals surface area contributed by atoms with Crippen molar-refractivity contribution in [2.24, 2.45) is 5.92 Å². The summed E-state index contributed by atoms with van der Waals surface area (Å²) in [6.07, 6.45) is 0.439. The van der Waals surface area contributed by atoms with Gasteiger partial charge in [-0.3, -0.25) is 24.9 Å². The molecule has 0 saturated heterocycles. The predicted octanol–water partition coefficient (Wildman–Crippen LogP) is 3.00. The van der Waals surface area contributed by atoms with E-state index in [1.807, 2.05) is 29.6 Å². The summed E-state index contributed by atoms with van der Waals surface area (Å²) < 4.78 is 1.08. The number of nitro groups is 1. The second-order valence-corrected chi connectivity index (χ2v) is 8.34. The summed E-state index contributed by atoms with van der Waals surface area (Å²) in [4.78, 5) is 36.8. The van der Waals surface area contributed by atoms with Crippen LogP contribution in [0.25, 0.3) is 10.1 Å². The van der Waals surface area contributed by atoms with Crippen LogP contribution in [-0.2, 0) is 11.2 Å². The molecule has 3 rings (SSSR count). The maximum absolute atomic E-state index is 12.8. The fraction of sp³-hybridized carbons (Fsp3) is 0.273. The minimum Gasteiger partial charge on any atom is -0.394 e. The van der Waals surface area contributed by atoms with Gasteiger partial charge in [0, 0.05) is 35.4 Å². The summed E-state index contributed by atoms with van der Waals surface area (Å²) in [5, 5.41) is 33.0. The van der Waals surface area contributed by atoms with Gasteiger partial charge in [0.1, 0.15) is 0 Å². The third-order valence-electron chi connectivity index (χ3n) is 5.47. The summed E-state index contributed by atoms with van der Waals surface area (Å²) >= 11 is 1.56. The SMILES string of the molecule is CN(C(=O)c1ccc([N+](=O)[O-])cc1)C(CO)CC(Cc1csc2ccccc12)C(=O)NO. The average Bonchev–Trinajstić information content (AvgIpc) is 3.23. The fourth-order valence-electron chi connectivity index (χ4n) is 3.61. The molecule has 2 unspecified atom stereocenters. The molecule has 0 aliphatic heterocycles. The molecule has 0 fully saturated rings. The monoisotopic (exact) mass is 457 g/mol. The van der Waals surface area contributed by atoms with Gasteiger partial charge in [-0.2, -0.15) is 0 Å². The number of benzene rings is 2. The molecule has 2 aromatic carbocycles. The van der Waals surface area contributed by atoms with Gasteiger partial charge >= 0.3 is 0 Å². The van der Waals surface area contributed by atoms with E-state index >= 15 is 0 Å². The Bertz CT molecular complexity index is 1110. The van der Waals surface area contributed by atoms with Gasteiger partial charge in [-0.05, 0) is 47.4 Å². The third kappa shape index (κ3) is 5.10. The first-order valence-corrected chi connectivity index (χ1v) is 10.7. The van der Waals surface area contributed by atoms with E-state index < -0.39 is 35.3 Å². The highest BCUT2D eigenvalue weighted by Gasteiger charge is 2.28. The summed E-state index contributed by atoms with van der Waals surface area (Å²) in [6, 6.07) is 12.2. The lowest BCUT2D eigenvalue weighted by atomic mass is 9.91. The number of rotatable bonds is 9. The van der Waals surface area contributed by atoms with Crippen LogP contribution < -0.4 is 5.48 Å². The molecular weight excluding hydrogens is 434 g/mol. The van der Waals surface area contributed by atoms with Gasteiger partial charge in [0.2, 0.25) is 5.91 Å². The standard InChI is InChI=1S/C22H23N3O6S/c1-24(22(28)14-6-8-17(9-7-14)25(30)31)18(12-26)11-15(21(27)23-29)10-16-13-32-20-5-3-2-4-19(16)20/h2-9,13,15,18,26,29H,10-12H2,1H3,(H,23,27). The van der Waals surface area contributed by atoms with Gasteiger partial charge < -0.3 is 10.0 Å². The van der Waals surface area contributed by atoms with Gasteiger partial charge in [0.05, 0.1) is 17.6 Å². The number of carbonyl (C=O) groups excluding carboxylic acids is 2. The number of nitro benzene ring substituents is 1. The van der Waals surface area contributed by atoms with Gasteiger partial charge in [0.15, 0.2) is 0 Å². The molecule has 1 aromatic heterocycles. The maximum atomic E-state index is 12.8. The Morgan fingerprint density at radius 1 is 1.19 bits per heavy atom. The number of non-ortho nitro benzene ring substituents is 1. The van der Waals surface area contributed by atoms with Crippen LogP contribution in [0.15, 0.2) is 53.9 Å². The highest BCUT2D eigenvalue weighted by Crippen LogP contribution is 2.29. The lowest BCUT2D eigenvalue weighted by molar-refractivity contribution is -0.384. The highest BCUT2D eigenvalue weighted by molar-refractivity contribution is 7.17. The van der Waals surface area contributed by atoms with Gasteiger partial charge in [0.25, 0.3) is 11.6 Å².